The van der Waals surface area contributed by atoms with Crippen LogP contribution in [0.15, 0.2) is 16.6 Å². The van der Waals surface area contributed by atoms with Gasteiger partial charge in [-0.1, -0.05) is 0 Å². The number of benzene rings is 1. The van der Waals surface area contributed by atoms with E-state index in [4.69, 9.17) is 0 Å². The van der Waals surface area contributed by atoms with E-state index in [1.807, 2.05) is 0 Å². The average molecular weight is 333 g/mol. The monoisotopic (exact) mass is 332 g/mol. The fraction of sp³-hybridized carbons (Fsp3) is 0.462. The van der Waals surface area contributed by atoms with Gasteiger partial charge in [0.25, 0.3) is 0 Å². The number of nitrogens with one attached hydrogen (secondary N) is 2. The first-order valence-corrected chi connectivity index (χ1v) is 7.00. The maximum atomic E-state index is 13.5. The third kappa shape index (κ3) is 3.98. The maximum absolute atomic E-state index is 13.5. The molecule has 2 rings (SSSR count). The highest BCUT2D eigenvalue weighted by atomic mass is 79.9. The molecule has 0 spiro atoms. The Morgan fingerprint density at radius 3 is 2.89 bits per heavy atom. The Morgan fingerprint density at radius 1 is 1.42 bits per heavy atom. The third-order valence-electron chi connectivity index (χ3n) is 3.23. The third-order valence-corrected chi connectivity index (χ3v) is 3.83. The summed E-state index contributed by atoms with van der Waals surface area (Å²) in [7, 11) is 0. The Bertz CT molecular complexity index is 476. The van der Waals surface area contributed by atoms with Gasteiger partial charge in [-0.25, -0.2) is 8.78 Å². The van der Waals surface area contributed by atoms with Gasteiger partial charge in [-0.3, -0.25) is 4.79 Å². The molecule has 1 aromatic rings. The summed E-state index contributed by atoms with van der Waals surface area (Å²) in [5.74, 6) is -1.04. The zero-order chi connectivity index (χ0) is 13.8. The van der Waals surface area contributed by atoms with Crippen LogP contribution in [0.1, 0.15) is 19.3 Å². The Hall–Kier alpha value is -1.01. The summed E-state index contributed by atoms with van der Waals surface area (Å²) < 4.78 is 26.8. The minimum atomic E-state index is -0.649. The van der Waals surface area contributed by atoms with Crippen LogP contribution in [-0.2, 0) is 4.79 Å². The molecule has 1 atom stereocenters. The number of hydrogen-bond donors (Lipinski definition) is 2. The molecule has 0 radical (unpaired) electrons. The molecule has 0 aliphatic carbocycles. The summed E-state index contributed by atoms with van der Waals surface area (Å²) in [6.07, 6.45) is 2.15. The number of amides is 1. The second-order valence-corrected chi connectivity index (χ2v) is 5.55. The van der Waals surface area contributed by atoms with Crippen molar-refractivity contribution >= 4 is 27.5 Å². The Kier molecular flexibility index (Phi) is 4.87. The largest absolute Gasteiger partial charge is 0.324 e. The molecule has 1 aliphatic rings. The molecule has 0 aromatic heterocycles. The number of carbonyl (C=O) groups is 1. The molecular weight excluding hydrogens is 318 g/mol. The molecule has 3 nitrogen and oxygen atoms in total. The van der Waals surface area contributed by atoms with E-state index in [-0.39, 0.29) is 16.1 Å². The van der Waals surface area contributed by atoms with Gasteiger partial charge in [-0.05, 0) is 53.8 Å². The molecule has 104 valence electrons. The number of carbonyl (C=O) groups excluding carboxylic acids is 1. The van der Waals surface area contributed by atoms with Crippen LogP contribution in [0.25, 0.3) is 0 Å². The average Bonchev–Trinajstić information content (AvgIpc) is 2.86. The van der Waals surface area contributed by atoms with Crippen molar-refractivity contribution < 1.29 is 13.6 Å². The van der Waals surface area contributed by atoms with E-state index in [1.54, 1.807) is 0 Å². The first-order chi connectivity index (χ1) is 9.06. The lowest BCUT2D eigenvalue weighted by Crippen LogP contribution is -2.15. The number of rotatable bonds is 4. The fourth-order valence-electron chi connectivity index (χ4n) is 2.13. The van der Waals surface area contributed by atoms with Crippen molar-refractivity contribution in [2.24, 2.45) is 5.92 Å². The van der Waals surface area contributed by atoms with Crippen LogP contribution in [0.4, 0.5) is 14.5 Å². The summed E-state index contributed by atoms with van der Waals surface area (Å²) in [6.45, 7) is 1.91. The Balaban J connectivity index is 1.89. The van der Waals surface area contributed by atoms with Crippen LogP contribution in [0.3, 0.4) is 0 Å². The minimum absolute atomic E-state index is 0.0417. The second kappa shape index (κ2) is 6.43. The lowest BCUT2D eigenvalue weighted by molar-refractivity contribution is -0.116. The van der Waals surface area contributed by atoms with Gasteiger partial charge in [0, 0.05) is 12.5 Å². The van der Waals surface area contributed by atoms with E-state index in [0.29, 0.717) is 12.3 Å². The molecular formula is C13H15BrF2N2O. The lowest BCUT2D eigenvalue weighted by Gasteiger charge is -2.10. The zero-order valence-electron chi connectivity index (χ0n) is 10.3. The Morgan fingerprint density at radius 2 is 2.21 bits per heavy atom. The van der Waals surface area contributed by atoms with E-state index < -0.39 is 11.6 Å². The summed E-state index contributed by atoms with van der Waals surface area (Å²) in [5.41, 5.74) is -0.116. The van der Waals surface area contributed by atoms with Gasteiger partial charge < -0.3 is 10.6 Å². The minimum Gasteiger partial charge on any atom is -0.324 e. The van der Waals surface area contributed by atoms with E-state index in [2.05, 4.69) is 26.6 Å². The van der Waals surface area contributed by atoms with Gasteiger partial charge in [0.15, 0.2) is 0 Å². The predicted octanol–water partition coefficient (Wildman–Crippen LogP) is 3.06. The van der Waals surface area contributed by atoms with Crippen LogP contribution in [0.2, 0.25) is 0 Å². The summed E-state index contributed by atoms with van der Waals surface area (Å²) in [6, 6.07) is 1.99. The first-order valence-electron chi connectivity index (χ1n) is 6.21. The smallest absolute Gasteiger partial charge is 0.224 e. The van der Waals surface area contributed by atoms with Crippen molar-refractivity contribution in [3.8, 4) is 0 Å². The van der Waals surface area contributed by atoms with Gasteiger partial charge in [0.05, 0.1) is 10.2 Å². The van der Waals surface area contributed by atoms with Gasteiger partial charge in [-0.15, -0.1) is 0 Å². The lowest BCUT2D eigenvalue weighted by atomic mass is 10.0. The van der Waals surface area contributed by atoms with Crippen molar-refractivity contribution in [3.63, 3.8) is 0 Å². The van der Waals surface area contributed by atoms with Gasteiger partial charge in [0.1, 0.15) is 11.6 Å². The van der Waals surface area contributed by atoms with Crippen LogP contribution in [-0.4, -0.2) is 19.0 Å². The van der Waals surface area contributed by atoms with Crippen molar-refractivity contribution in [2.75, 3.05) is 18.4 Å². The molecule has 6 heteroatoms. The standard InChI is InChI=1S/C13H15BrF2N2O/c14-9-5-11(16)12(6-10(9)15)18-13(19)2-1-8-3-4-17-7-8/h5-6,8,17H,1-4,7H2,(H,18,19). The van der Waals surface area contributed by atoms with Crippen molar-refractivity contribution in [3.05, 3.63) is 28.2 Å². The van der Waals surface area contributed by atoms with Crippen LogP contribution < -0.4 is 10.6 Å². The SMILES string of the molecule is O=C(CCC1CCNC1)Nc1cc(F)c(Br)cc1F. The maximum Gasteiger partial charge on any atom is 0.224 e. The predicted molar refractivity (Wildman–Crippen MR) is 72.9 cm³/mol. The molecule has 1 fully saturated rings. The Labute approximate surface area is 118 Å². The fourth-order valence-corrected chi connectivity index (χ4v) is 2.44. The van der Waals surface area contributed by atoms with Crippen LogP contribution in [0, 0.1) is 17.6 Å². The zero-order valence-corrected chi connectivity index (χ0v) is 11.9. The molecule has 2 N–H and O–H groups in total. The number of halogens is 3. The van der Waals surface area contributed by atoms with Crippen molar-refractivity contribution in [1.29, 1.82) is 0 Å². The molecule has 19 heavy (non-hydrogen) atoms. The van der Waals surface area contributed by atoms with E-state index in [0.717, 1.165) is 38.1 Å². The highest BCUT2D eigenvalue weighted by Crippen LogP contribution is 2.23. The van der Waals surface area contributed by atoms with E-state index in [1.165, 1.54) is 0 Å². The molecule has 1 aliphatic heterocycles. The van der Waals surface area contributed by atoms with Crippen molar-refractivity contribution in [2.45, 2.75) is 19.3 Å². The molecule has 1 aromatic carbocycles. The molecule has 1 heterocycles. The van der Waals surface area contributed by atoms with Gasteiger partial charge in [-0.2, -0.15) is 0 Å². The van der Waals surface area contributed by atoms with Crippen LogP contribution >= 0.6 is 15.9 Å². The van der Waals surface area contributed by atoms with Gasteiger partial charge in [0.2, 0.25) is 5.91 Å². The molecule has 1 amide bonds. The number of anilines is 1. The summed E-state index contributed by atoms with van der Waals surface area (Å²) >= 11 is 2.89. The van der Waals surface area contributed by atoms with E-state index >= 15 is 0 Å². The van der Waals surface area contributed by atoms with Crippen LogP contribution in [0.5, 0.6) is 0 Å². The molecule has 1 unspecified atom stereocenters. The quantitative estimate of drug-likeness (QED) is 0.832. The summed E-state index contributed by atoms with van der Waals surface area (Å²) in [4.78, 5) is 11.7. The highest BCUT2D eigenvalue weighted by molar-refractivity contribution is 9.10. The number of hydrogen-bond acceptors (Lipinski definition) is 2. The summed E-state index contributed by atoms with van der Waals surface area (Å²) in [5, 5.41) is 5.63. The molecule has 0 saturated carbocycles. The topological polar surface area (TPSA) is 41.1 Å². The normalized spacial score (nSPS) is 18.6. The first kappa shape index (κ1) is 14.4. The van der Waals surface area contributed by atoms with E-state index in [9.17, 15) is 13.6 Å². The van der Waals surface area contributed by atoms with Crippen molar-refractivity contribution in [1.82, 2.24) is 5.32 Å². The highest BCUT2D eigenvalue weighted by Gasteiger charge is 2.16. The molecule has 1 saturated heterocycles. The molecule has 0 bridgehead atoms. The second-order valence-electron chi connectivity index (χ2n) is 4.69. The van der Waals surface area contributed by atoms with Gasteiger partial charge >= 0.3 is 0 Å².